The predicted molar refractivity (Wildman–Crippen MR) is 76.5 cm³/mol. The number of rotatable bonds is 4. The van der Waals surface area contributed by atoms with Crippen LogP contribution in [0.15, 0.2) is 50.8 Å². The first-order valence-electron chi connectivity index (χ1n) is 5.70. The molecule has 0 radical (unpaired) electrons. The number of nitrogens with one attached hydrogen (secondary N) is 1. The highest BCUT2D eigenvalue weighted by molar-refractivity contribution is 9.10. The van der Waals surface area contributed by atoms with E-state index in [-0.39, 0.29) is 11.7 Å². The smallest absolute Gasteiger partial charge is 0.256 e. The van der Waals surface area contributed by atoms with Crippen LogP contribution in [0.25, 0.3) is 0 Å². The molecule has 0 aliphatic heterocycles. The van der Waals surface area contributed by atoms with Crippen LogP contribution in [0.5, 0.6) is 0 Å². The molecule has 4 N–H and O–H groups in total. The number of carbonyl (C=O) groups excluding carboxylic acids is 1. The van der Waals surface area contributed by atoms with Gasteiger partial charge in [0, 0.05) is 12.1 Å². The van der Waals surface area contributed by atoms with Gasteiger partial charge < -0.3 is 20.7 Å². The van der Waals surface area contributed by atoms with E-state index in [4.69, 9.17) is 15.4 Å². The zero-order valence-electron chi connectivity index (χ0n) is 10.3. The van der Waals surface area contributed by atoms with Crippen LogP contribution in [0, 0.1) is 0 Å². The Bertz CT molecular complexity index is 635. The molecule has 0 spiro atoms. The molecule has 0 aliphatic rings. The quantitative estimate of drug-likeness (QED) is 0.344. The van der Waals surface area contributed by atoms with Crippen molar-refractivity contribution in [3.8, 4) is 0 Å². The molecule has 20 heavy (non-hydrogen) atoms. The van der Waals surface area contributed by atoms with Gasteiger partial charge in [-0.1, -0.05) is 29.4 Å². The Kier molecular flexibility index (Phi) is 4.41. The second kappa shape index (κ2) is 6.25. The molecular weight excluding hydrogens is 326 g/mol. The van der Waals surface area contributed by atoms with Crippen LogP contribution in [-0.2, 0) is 6.54 Å². The number of halogens is 1. The van der Waals surface area contributed by atoms with Gasteiger partial charge in [-0.05, 0) is 27.6 Å². The van der Waals surface area contributed by atoms with E-state index in [9.17, 15) is 4.79 Å². The van der Waals surface area contributed by atoms with Gasteiger partial charge in [-0.25, -0.2) is 0 Å². The lowest BCUT2D eigenvalue weighted by Gasteiger charge is -2.05. The number of nitrogens with zero attached hydrogens (tertiary/aromatic N) is 1. The first-order chi connectivity index (χ1) is 9.61. The van der Waals surface area contributed by atoms with Gasteiger partial charge in [-0.3, -0.25) is 4.79 Å². The summed E-state index contributed by atoms with van der Waals surface area (Å²) in [4.78, 5) is 11.8. The second-order valence-corrected chi connectivity index (χ2v) is 4.69. The zero-order valence-corrected chi connectivity index (χ0v) is 11.9. The Hall–Kier alpha value is -2.28. The van der Waals surface area contributed by atoms with E-state index in [1.54, 1.807) is 30.3 Å². The summed E-state index contributed by atoms with van der Waals surface area (Å²) in [6.07, 6.45) is 1.44. The van der Waals surface area contributed by atoms with Crippen molar-refractivity contribution < 1.29 is 14.4 Å². The molecule has 1 aromatic heterocycles. The van der Waals surface area contributed by atoms with Gasteiger partial charge >= 0.3 is 0 Å². The van der Waals surface area contributed by atoms with E-state index in [0.717, 1.165) is 5.56 Å². The number of nitrogens with two attached hydrogens (primary N) is 1. The van der Waals surface area contributed by atoms with Gasteiger partial charge in [-0.15, -0.1) is 0 Å². The van der Waals surface area contributed by atoms with Crippen molar-refractivity contribution in [2.45, 2.75) is 6.54 Å². The summed E-state index contributed by atoms with van der Waals surface area (Å²) in [5.41, 5.74) is 7.41. The SMILES string of the molecule is N/C(=N/O)c1ccc(CNC(=O)c2ccoc2Br)cc1. The van der Waals surface area contributed by atoms with Crippen molar-refractivity contribution in [2.75, 3.05) is 0 Å². The van der Waals surface area contributed by atoms with Crippen LogP contribution in [0.2, 0.25) is 0 Å². The Balaban J connectivity index is 1.98. The van der Waals surface area contributed by atoms with E-state index in [0.29, 0.717) is 22.3 Å². The molecule has 2 aromatic rings. The van der Waals surface area contributed by atoms with Crippen molar-refractivity contribution in [1.29, 1.82) is 0 Å². The van der Waals surface area contributed by atoms with Crippen LogP contribution in [0.3, 0.4) is 0 Å². The van der Waals surface area contributed by atoms with E-state index in [1.807, 2.05) is 0 Å². The molecule has 6 nitrogen and oxygen atoms in total. The van der Waals surface area contributed by atoms with Gasteiger partial charge in [0.1, 0.15) is 0 Å². The van der Waals surface area contributed by atoms with Gasteiger partial charge in [0.15, 0.2) is 10.5 Å². The maximum Gasteiger partial charge on any atom is 0.256 e. The van der Waals surface area contributed by atoms with Crippen molar-refractivity contribution in [1.82, 2.24) is 5.32 Å². The average molecular weight is 338 g/mol. The molecule has 0 saturated heterocycles. The predicted octanol–water partition coefficient (Wildman–Crippen LogP) is 2.07. The number of furan rings is 1. The summed E-state index contributed by atoms with van der Waals surface area (Å²) in [5, 5.41) is 14.2. The van der Waals surface area contributed by atoms with Gasteiger partial charge in [0.05, 0.1) is 11.8 Å². The number of benzene rings is 1. The molecule has 7 heteroatoms. The highest BCUT2D eigenvalue weighted by atomic mass is 79.9. The first-order valence-corrected chi connectivity index (χ1v) is 6.49. The summed E-state index contributed by atoms with van der Waals surface area (Å²) in [6.45, 7) is 0.368. The molecule has 0 atom stereocenters. The Labute approximate surface area is 123 Å². The Morgan fingerprint density at radius 3 is 2.60 bits per heavy atom. The van der Waals surface area contributed by atoms with E-state index in [1.165, 1.54) is 6.26 Å². The lowest BCUT2D eigenvalue weighted by Crippen LogP contribution is -2.22. The highest BCUT2D eigenvalue weighted by Gasteiger charge is 2.11. The van der Waals surface area contributed by atoms with Crippen molar-refractivity contribution in [2.24, 2.45) is 10.9 Å². The van der Waals surface area contributed by atoms with Gasteiger partial charge in [0.25, 0.3) is 5.91 Å². The number of carbonyl (C=O) groups is 1. The summed E-state index contributed by atoms with van der Waals surface area (Å²) in [6, 6.07) is 8.59. The maximum atomic E-state index is 11.8. The molecule has 0 unspecified atom stereocenters. The molecule has 104 valence electrons. The number of amidine groups is 1. The molecule has 0 bridgehead atoms. The summed E-state index contributed by atoms with van der Waals surface area (Å²) in [5.74, 6) is -0.186. The third kappa shape index (κ3) is 3.18. The zero-order chi connectivity index (χ0) is 14.5. The molecule has 0 saturated carbocycles. The van der Waals surface area contributed by atoms with Gasteiger partial charge in [0.2, 0.25) is 0 Å². The van der Waals surface area contributed by atoms with E-state index < -0.39 is 0 Å². The number of oxime groups is 1. The van der Waals surface area contributed by atoms with Crippen LogP contribution in [0.1, 0.15) is 21.5 Å². The molecule has 1 aromatic carbocycles. The summed E-state index contributed by atoms with van der Waals surface area (Å²) >= 11 is 3.15. The largest absolute Gasteiger partial charge is 0.457 e. The topological polar surface area (TPSA) is 101 Å². The molecular formula is C13H12BrN3O3. The minimum absolute atomic E-state index is 0.0444. The van der Waals surface area contributed by atoms with E-state index in [2.05, 4.69) is 26.4 Å². The standard InChI is InChI=1S/C13H12BrN3O3/c14-11-10(5-6-20-11)13(18)16-7-8-1-3-9(4-2-8)12(15)17-19/h1-6,19H,7H2,(H2,15,17)(H,16,18). The van der Waals surface area contributed by atoms with Crippen LogP contribution >= 0.6 is 15.9 Å². The van der Waals surface area contributed by atoms with Crippen LogP contribution in [-0.4, -0.2) is 17.0 Å². The van der Waals surface area contributed by atoms with Crippen molar-refractivity contribution in [3.63, 3.8) is 0 Å². The second-order valence-electron chi connectivity index (χ2n) is 3.97. The fourth-order valence-corrected chi connectivity index (χ4v) is 2.00. The van der Waals surface area contributed by atoms with Crippen molar-refractivity contribution >= 4 is 27.7 Å². The first kappa shape index (κ1) is 14.1. The fourth-order valence-electron chi connectivity index (χ4n) is 1.58. The number of hydrogen-bond acceptors (Lipinski definition) is 4. The lowest BCUT2D eigenvalue weighted by atomic mass is 10.1. The van der Waals surface area contributed by atoms with E-state index >= 15 is 0 Å². The Morgan fingerprint density at radius 1 is 1.35 bits per heavy atom. The monoisotopic (exact) mass is 337 g/mol. The molecule has 1 amide bonds. The third-order valence-electron chi connectivity index (χ3n) is 2.67. The van der Waals surface area contributed by atoms with Crippen molar-refractivity contribution in [3.05, 3.63) is 58.0 Å². The molecule has 2 rings (SSSR count). The van der Waals surface area contributed by atoms with Crippen LogP contribution in [0.4, 0.5) is 0 Å². The fraction of sp³-hybridized carbons (Fsp3) is 0.0769. The van der Waals surface area contributed by atoms with Crippen LogP contribution < -0.4 is 11.1 Å². The highest BCUT2D eigenvalue weighted by Crippen LogP contribution is 2.17. The Morgan fingerprint density at radius 2 is 2.05 bits per heavy atom. The minimum Gasteiger partial charge on any atom is -0.457 e. The summed E-state index contributed by atoms with van der Waals surface area (Å²) < 4.78 is 5.40. The third-order valence-corrected chi connectivity index (χ3v) is 3.29. The number of hydrogen-bond donors (Lipinski definition) is 3. The molecule has 0 fully saturated rings. The number of amides is 1. The maximum absolute atomic E-state index is 11.8. The minimum atomic E-state index is -0.230. The molecule has 0 aliphatic carbocycles. The lowest BCUT2D eigenvalue weighted by molar-refractivity contribution is 0.0949. The summed E-state index contributed by atoms with van der Waals surface area (Å²) in [7, 11) is 0. The van der Waals surface area contributed by atoms with Gasteiger partial charge in [-0.2, -0.15) is 0 Å². The normalized spacial score (nSPS) is 11.3. The average Bonchev–Trinajstić information content (AvgIpc) is 2.90. The molecule has 1 heterocycles.